The van der Waals surface area contributed by atoms with Crippen LogP contribution in [0.5, 0.6) is 11.5 Å². The van der Waals surface area contributed by atoms with Gasteiger partial charge in [0, 0.05) is 18.5 Å². The third-order valence-corrected chi connectivity index (χ3v) is 5.17. The molecule has 4 aromatic rings. The van der Waals surface area contributed by atoms with E-state index in [9.17, 15) is 9.59 Å². The molecular weight excluding hydrogens is 476 g/mol. The zero-order valence-electron chi connectivity index (χ0n) is 19.3. The van der Waals surface area contributed by atoms with Crippen LogP contribution in [0.25, 0.3) is 22.9 Å². The SMILES string of the molecule is COc1cc(-n2cnc3ccc(-c4ncc(Cl)cn4)n3c2=O)ccc1OCC(C)(C)OC(=O)CN. The third kappa shape index (κ3) is 5.10. The van der Waals surface area contributed by atoms with Crippen molar-refractivity contribution in [3.63, 3.8) is 0 Å². The first-order chi connectivity index (χ1) is 16.7. The Morgan fingerprint density at radius 3 is 2.54 bits per heavy atom. The summed E-state index contributed by atoms with van der Waals surface area (Å²) < 4.78 is 19.3. The van der Waals surface area contributed by atoms with Gasteiger partial charge in [-0.15, -0.1) is 0 Å². The molecule has 11 nitrogen and oxygen atoms in total. The first-order valence-corrected chi connectivity index (χ1v) is 10.9. The molecule has 4 rings (SSSR count). The summed E-state index contributed by atoms with van der Waals surface area (Å²) in [7, 11) is 1.48. The molecule has 2 N–H and O–H groups in total. The number of halogens is 1. The summed E-state index contributed by atoms with van der Waals surface area (Å²) in [5, 5.41) is 0.389. The van der Waals surface area contributed by atoms with Gasteiger partial charge in [0.15, 0.2) is 17.3 Å². The Kier molecular flexibility index (Phi) is 6.72. The molecule has 0 amide bonds. The normalized spacial score (nSPS) is 11.5. The van der Waals surface area contributed by atoms with Crippen molar-refractivity contribution in [1.82, 2.24) is 23.9 Å². The number of ether oxygens (including phenoxy) is 3. The predicted molar refractivity (Wildman–Crippen MR) is 128 cm³/mol. The molecule has 0 radical (unpaired) electrons. The van der Waals surface area contributed by atoms with Crippen molar-refractivity contribution in [3.8, 4) is 28.7 Å². The summed E-state index contributed by atoms with van der Waals surface area (Å²) in [6, 6.07) is 8.41. The van der Waals surface area contributed by atoms with E-state index in [1.165, 1.54) is 34.8 Å². The van der Waals surface area contributed by atoms with Gasteiger partial charge >= 0.3 is 11.7 Å². The summed E-state index contributed by atoms with van der Waals surface area (Å²) in [5.74, 6) is 0.595. The second-order valence-electron chi connectivity index (χ2n) is 8.10. The van der Waals surface area contributed by atoms with Crippen LogP contribution in [0.15, 0.2) is 53.8 Å². The molecule has 0 saturated heterocycles. The Balaban J connectivity index is 1.67. The van der Waals surface area contributed by atoms with Crippen molar-refractivity contribution in [2.45, 2.75) is 19.4 Å². The van der Waals surface area contributed by atoms with Crippen molar-refractivity contribution in [1.29, 1.82) is 0 Å². The zero-order valence-corrected chi connectivity index (χ0v) is 20.0. The van der Waals surface area contributed by atoms with Crippen LogP contribution in [0.4, 0.5) is 0 Å². The topological polar surface area (TPSA) is 136 Å². The molecule has 3 heterocycles. The van der Waals surface area contributed by atoms with Gasteiger partial charge < -0.3 is 19.9 Å². The molecule has 1 aromatic carbocycles. The lowest BCUT2D eigenvalue weighted by Crippen LogP contribution is -2.37. The quantitative estimate of drug-likeness (QED) is 0.363. The molecule has 35 heavy (non-hydrogen) atoms. The molecule has 3 aromatic heterocycles. The van der Waals surface area contributed by atoms with Crippen LogP contribution >= 0.6 is 11.6 Å². The van der Waals surface area contributed by atoms with Gasteiger partial charge in [0.25, 0.3) is 0 Å². The number of nitrogens with two attached hydrogens (primary N) is 1. The number of fused-ring (bicyclic) bond motifs is 1. The van der Waals surface area contributed by atoms with E-state index in [0.717, 1.165) is 0 Å². The minimum absolute atomic E-state index is 0.0652. The molecule has 0 aliphatic heterocycles. The van der Waals surface area contributed by atoms with E-state index in [1.54, 1.807) is 44.2 Å². The second-order valence-corrected chi connectivity index (χ2v) is 8.53. The van der Waals surface area contributed by atoms with E-state index < -0.39 is 11.6 Å². The lowest BCUT2D eigenvalue weighted by Gasteiger charge is -2.25. The molecule has 0 bridgehead atoms. The highest BCUT2D eigenvalue weighted by Gasteiger charge is 2.24. The highest BCUT2D eigenvalue weighted by atomic mass is 35.5. The summed E-state index contributed by atoms with van der Waals surface area (Å²) >= 11 is 5.89. The monoisotopic (exact) mass is 498 g/mol. The number of carbonyl (C=O) groups excluding carboxylic acids is 1. The zero-order chi connectivity index (χ0) is 25.2. The smallest absolute Gasteiger partial charge is 0.340 e. The summed E-state index contributed by atoms with van der Waals surface area (Å²) in [6.07, 6.45) is 4.34. The van der Waals surface area contributed by atoms with Crippen LogP contribution < -0.4 is 20.9 Å². The predicted octanol–water partition coefficient (Wildman–Crippen LogP) is 2.26. The van der Waals surface area contributed by atoms with Crippen LogP contribution in [-0.2, 0) is 9.53 Å². The van der Waals surface area contributed by atoms with Crippen LogP contribution in [0, 0.1) is 0 Å². The maximum atomic E-state index is 13.4. The maximum absolute atomic E-state index is 13.4. The molecule has 182 valence electrons. The fourth-order valence-electron chi connectivity index (χ4n) is 3.35. The summed E-state index contributed by atoms with van der Waals surface area (Å²) in [5.41, 5.74) is 5.45. The van der Waals surface area contributed by atoms with Gasteiger partial charge in [0.2, 0.25) is 0 Å². The number of hydrogen-bond acceptors (Lipinski definition) is 9. The van der Waals surface area contributed by atoms with Gasteiger partial charge in [-0.2, -0.15) is 0 Å². The average molecular weight is 499 g/mol. The number of benzene rings is 1. The number of rotatable bonds is 8. The maximum Gasteiger partial charge on any atom is 0.340 e. The molecule has 0 aliphatic rings. The third-order valence-electron chi connectivity index (χ3n) is 4.97. The minimum Gasteiger partial charge on any atom is -0.493 e. The summed E-state index contributed by atoms with van der Waals surface area (Å²) in [4.78, 5) is 37.7. The lowest BCUT2D eigenvalue weighted by atomic mass is 10.1. The summed E-state index contributed by atoms with van der Waals surface area (Å²) in [6.45, 7) is 3.26. The molecule has 0 aliphatic carbocycles. The van der Waals surface area contributed by atoms with E-state index in [-0.39, 0.29) is 18.8 Å². The Labute approximate surface area is 205 Å². The van der Waals surface area contributed by atoms with E-state index in [0.29, 0.717) is 39.4 Å². The molecule has 0 fully saturated rings. The Morgan fingerprint density at radius 2 is 1.86 bits per heavy atom. The Bertz CT molecular complexity index is 1430. The van der Waals surface area contributed by atoms with Crippen molar-refractivity contribution in [2.24, 2.45) is 5.73 Å². The Morgan fingerprint density at radius 1 is 1.11 bits per heavy atom. The van der Waals surface area contributed by atoms with Gasteiger partial charge in [-0.3, -0.25) is 9.36 Å². The fraction of sp³-hybridized carbons (Fsp3) is 0.261. The minimum atomic E-state index is -0.902. The van der Waals surface area contributed by atoms with Gasteiger partial charge in [-0.1, -0.05) is 11.6 Å². The highest BCUT2D eigenvalue weighted by molar-refractivity contribution is 6.30. The van der Waals surface area contributed by atoms with Gasteiger partial charge in [0.1, 0.15) is 24.2 Å². The molecular formula is C23H23ClN6O5. The van der Waals surface area contributed by atoms with Crippen LogP contribution in [0.1, 0.15) is 13.8 Å². The van der Waals surface area contributed by atoms with E-state index in [1.807, 2.05) is 0 Å². The molecule has 0 atom stereocenters. The van der Waals surface area contributed by atoms with Gasteiger partial charge in [-0.25, -0.2) is 24.1 Å². The first-order valence-electron chi connectivity index (χ1n) is 10.5. The van der Waals surface area contributed by atoms with E-state index in [4.69, 9.17) is 31.5 Å². The standard InChI is InChI=1S/C23H23ClN6O5/c1-23(2,35-20(31)9-25)12-34-17-6-4-15(8-18(17)33-3)29-13-28-19-7-5-16(30(19)22(29)32)21-26-10-14(24)11-27-21/h4-8,10-11,13H,9,12,25H2,1-3H3. The number of methoxy groups -OCH3 is 1. The largest absolute Gasteiger partial charge is 0.493 e. The first kappa shape index (κ1) is 24.2. The molecule has 0 unspecified atom stereocenters. The number of nitrogens with zero attached hydrogens (tertiary/aromatic N) is 5. The van der Waals surface area contributed by atoms with E-state index in [2.05, 4.69) is 15.0 Å². The Hall–Kier alpha value is -3.96. The average Bonchev–Trinajstić information content (AvgIpc) is 3.28. The van der Waals surface area contributed by atoms with Crippen molar-refractivity contribution < 1.29 is 19.0 Å². The van der Waals surface area contributed by atoms with Crippen LogP contribution in [0.3, 0.4) is 0 Å². The molecule has 0 saturated carbocycles. The number of aromatic nitrogens is 5. The molecule has 0 spiro atoms. The van der Waals surface area contributed by atoms with Crippen LogP contribution in [0.2, 0.25) is 5.02 Å². The molecule has 12 heteroatoms. The number of esters is 1. The lowest BCUT2D eigenvalue weighted by molar-refractivity contribution is -0.157. The van der Waals surface area contributed by atoms with Gasteiger partial charge in [0.05, 0.1) is 30.1 Å². The van der Waals surface area contributed by atoms with Crippen molar-refractivity contribution in [3.05, 3.63) is 64.6 Å². The number of hydrogen-bond donors (Lipinski definition) is 1. The van der Waals surface area contributed by atoms with Crippen LogP contribution in [-0.4, -0.2) is 55.8 Å². The van der Waals surface area contributed by atoms with E-state index >= 15 is 0 Å². The second kappa shape index (κ2) is 9.72. The fourth-order valence-corrected chi connectivity index (χ4v) is 3.45. The highest BCUT2D eigenvalue weighted by Crippen LogP contribution is 2.30. The van der Waals surface area contributed by atoms with Crippen molar-refractivity contribution >= 4 is 23.2 Å². The van der Waals surface area contributed by atoms with Gasteiger partial charge in [-0.05, 0) is 38.1 Å². The number of carbonyl (C=O) groups is 1. The van der Waals surface area contributed by atoms with Crippen molar-refractivity contribution in [2.75, 3.05) is 20.3 Å².